The van der Waals surface area contributed by atoms with E-state index in [0.717, 1.165) is 17.7 Å². The van der Waals surface area contributed by atoms with Crippen molar-refractivity contribution in [2.75, 3.05) is 5.32 Å². The summed E-state index contributed by atoms with van der Waals surface area (Å²) in [5.74, 6) is -2.43. The van der Waals surface area contributed by atoms with E-state index in [9.17, 15) is 19.2 Å². The number of aromatic nitrogens is 1. The number of amides is 3. The van der Waals surface area contributed by atoms with E-state index in [1.807, 2.05) is 0 Å². The zero-order chi connectivity index (χ0) is 20.4. The van der Waals surface area contributed by atoms with Crippen LogP contribution in [0.15, 0.2) is 18.3 Å². The van der Waals surface area contributed by atoms with Gasteiger partial charge in [-0.05, 0) is 38.8 Å². The van der Waals surface area contributed by atoms with E-state index in [0.29, 0.717) is 17.9 Å². The minimum absolute atomic E-state index is 0.263. The molecule has 1 aromatic heterocycles. The van der Waals surface area contributed by atoms with Gasteiger partial charge < -0.3 is 10.1 Å². The monoisotopic (exact) mass is 407 g/mol. The van der Waals surface area contributed by atoms with Crippen molar-refractivity contribution in [3.63, 3.8) is 0 Å². The third kappa shape index (κ3) is 4.01. The maximum Gasteiger partial charge on any atom is 0.329 e. The molecular formula is C19H22ClN3O5. The number of anilines is 1. The Bertz CT molecular complexity index is 773. The molecule has 28 heavy (non-hydrogen) atoms. The van der Waals surface area contributed by atoms with Crippen LogP contribution in [0.25, 0.3) is 0 Å². The first-order chi connectivity index (χ1) is 13.3. The van der Waals surface area contributed by atoms with Crippen molar-refractivity contribution in [1.82, 2.24) is 9.88 Å². The number of imide groups is 1. The van der Waals surface area contributed by atoms with Crippen LogP contribution in [0.1, 0.15) is 39.5 Å². The molecule has 2 fully saturated rings. The number of fused-ring (bicyclic) bond motifs is 1. The molecule has 1 aromatic rings. The highest BCUT2D eigenvalue weighted by atomic mass is 35.5. The van der Waals surface area contributed by atoms with Crippen LogP contribution in [-0.4, -0.2) is 45.7 Å². The highest BCUT2D eigenvalue weighted by Crippen LogP contribution is 2.38. The Hall–Kier alpha value is -2.48. The van der Waals surface area contributed by atoms with Gasteiger partial charge >= 0.3 is 5.97 Å². The first-order valence-electron chi connectivity index (χ1n) is 9.29. The standard InChI is InChI=1S/C19H22ClN3O5/c1-10(23-17(25)13-5-3-4-6-14(13)18(23)26)19(27)28-11(2)16(24)22-15-8-7-12(20)9-21-15/h7-11,13-14H,3-6H2,1-2H3,(H,21,22,24)/t10-,11-,13-,14-/m0/s1. The van der Waals surface area contributed by atoms with E-state index in [2.05, 4.69) is 10.3 Å². The predicted molar refractivity (Wildman–Crippen MR) is 100 cm³/mol. The number of hydrogen-bond acceptors (Lipinski definition) is 6. The molecule has 1 N–H and O–H groups in total. The van der Waals surface area contributed by atoms with Gasteiger partial charge in [-0.3, -0.25) is 19.3 Å². The second-order valence-electron chi connectivity index (χ2n) is 7.15. The number of nitrogens with one attached hydrogen (secondary N) is 1. The minimum atomic E-state index is -1.12. The number of carbonyl (C=O) groups is 4. The fourth-order valence-electron chi connectivity index (χ4n) is 3.68. The second kappa shape index (κ2) is 8.26. The lowest BCUT2D eigenvalue weighted by Gasteiger charge is -2.23. The van der Waals surface area contributed by atoms with Crippen LogP contribution >= 0.6 is 11.6 Å². The lowest BCUT2D eigenvalue weighted by molar-refractivity contribution is -0.163. The molecule has 3 rings (SSSR count). The molecule has 2 heterocycles. The third-order valence-corrected chi connectivity index (χ3v) is 5.47. The quantitative estimate of drug-likeness (QED) is 0.592. The number of rotatable bonds is 5. The largest absolute Gasteiger partial charge is 0.451 e. The Balaban J connectivity index is 1.60. The van der Waals surface area contributed by atoms with E-state index in [1.165, 1.54) is 26.1 Å². The van der Waals surface area contributed by atoms with Crippen molar-refractivity contribution in [2.24, 2.45) is 11.8 Å². The predicted octanol–water partition coefficient (Wildman–Crippen LogP) is 2.17. The molecular weight excluding hydrogens is 386 g/mol. The summed E-state index contributed by atoms with van der Waals surface area (Å²) in [6.45, 7) is 2.85. The van der Waals surface area contributed by atoms with Gasteiger partial charge in [-0.15, -0.1) is 0 Å². The molecule has 2 aliphatic rings. The summed E-state index contributed by atoms with van der Waals surface area (Å²) in [4.78, 5) is 54.8. The number of nitrogens with zero attached hydrogens (tertiary/aromatic N) is 2. The SMILES string of the molecule is C[C@H](OC(=O)[C@H](C)N1C(=O)[C@H]2CCCC[C@@H]2C1=O)C(=O)Nc1ccc(Cl)cn1. The van der Waals surface area contributed by atoms with Crippen LogP contribution in [0.4, 0.5) is 5.82 Å². The Morgan fingerprint density at radius 3 is 2.32 bits per heavy atom. The molecule has 9 heteroatoms. The number of esters is 1. The number of hydrogen-bond donors (Lipinski definition) is 1. The summed E-state index contributed by atoms with van der Waals surface area (Å²) in [5, 5.41) is 2.93. The van der Waals surface area contributed by atoms with Gasteiger partial charge in [0.15, 0.2) is 6.10 Å². The molecule has 1 aliphatic heterocycles. The van der Waals surface area contributed by atoms with Crippen LogP contribution in [-0.2, 0) is 23.9 Å². The first-order valence-corrected chi connectivity index (χ1v) is 9.67. The van der Waals surface area contributed by atoms with Crippen molar-refractivity contribution < 1.29 is 23.9 Å². The molecule has 0 aromatic carbocycles. The Morgan fingerprint density at radius 2 is 1.79 bits per heavy atom. The summed E-state index contributed by atoms with van der Waals surface area (Å²) in [6.07, 6.45) is 3.40. The Morgan fingerprint density at radius 1 is 1.18 bits per heavy atom. The van der Waals surface area contributed by atoms with Gasteiger partial charge in [0.1, 0.15) is 11.9 Å². The molecule has 3 amide bonds. The number of pyridine rings is 1. The zero-order valence-electron chi connectivity index (χ0n) is 15.7. The summed E-state index contributed by atoms with van der Waals surface area (Å²) in [5.41, 5.74) is 0. The van der Waals surface area contributed by atoms with Crippen LogP contribution in [0, 0.1) is 11.8 Å². The molecule has 1 saturated heterocycles. The van der Waals surface area contributed by atoms with Crippen LogP contribution in [0.2, 0.25) is 5.02 Å². The first kappa shape index (κ1) is 20.3. The average Bonchev–Trinajstić information content (AvgIpc) is 2.93. The number of ether oxygens (including phenoxy) is 1. The van der Waals surface area contributed by atoms with E-state index in [4.69, 9.17) is 16.3 Å². The molecule has 0 spiro atoms. The summed E-state index contributed by atoms with van der Waals surface area (Å²) >= 11 is 5.74. The van der Waals surface area contributed by atoms with Crippen LogP contribution in [0.5, 0.6) is 0 Å². The Labute approximate surface area is 167 Å². The fourth-order valence-corrected chi connectivity index (χ4v) is 3.79. The molecule has 1 saturated carbocycles. The van der Waals surface area contributed by atoms with Gasteiger partial charge in [-0.25, -0.2) is 9.78 Å². The van der Waals surface area contributed by atoms with Gasteiger partial charge in [0.2, 0.25) is 11.8 Å². The maximum atomic E-state index is 12.6. The minimum Gasteiger partial charge on any atom is -0.451 e. The van der Waals surface area contributed by atoms with Crippen molar-refractivity contribution in [2.45, 2.75) is 51.7 Å². The Kier molecular flexibility index (Phi) is 5.98. The molecule has 0 radical (unpaired) electrons. The molecule has 8 nitrogen and oxygen atoms in total. The van der Waals surface area contributed by atoms with Gasteiger partial charge in [-0.2, -0.15) is 0 Å². The molecule has 1 aliphatic carbocycles. The fraction of sp³-hybridized carbons (Fsp3) is 0.526. The normalized spacial score (nSPS) is 23.8. The van der Waals surface area contributed by atoms with Crippen molar-refractivity contribution in [3.8, 4) is 0 Å². The zero-order valence-corrected chi connectivity index (χ0v) is 16.4. The lowest BCUT2D eigenvalue weighted by atomic mass is 9.81. The maximum absolute atomic E-state index is 12.6. The summed E-state index contributed by atoms with van der Waals surface area (Å²) in [7, 11) is 0. The second-order valence-corrected chi connectivity index (χ2v) is 7.59. The molecule has 4 atom stereocenters. The van der Waals surface area contributed by atoms with E-state index < -0.39 is 24.0 Å². The van der Waals surface area contributed by atoms with Crippen molar-refractivity contribution in [3.05, 3.63) is 23.4 Å². The molecule has 150 valence electrons. The van der Waals surface area contributed by atoms with Crippen molar-refractivity contribution >= 4 is 41.1 Å². The van der Waals surface area contributed by atoms with Crippen LogP contribution < -0.4 is 5.32 Å². The highest BCUT2D eigenvalue weighted by Gasteiger charge is 2.51. The van der Waals surface area contributed by atoms with Crippen LogP contribution in [0.3, 0.4) is 0 Å². The summed E-state index contributed by atoms with van der Waals surface area (Å²) < 4.78 is 5.18. The van der Waals surface area contributed by atoms with E-state index >= 15 is 0 Å². The van der Waals surface area contributed by atoms with Gasteiger partial charge in [-0.1, -0.05) is 24.4 Å². The van der Waals surface area contributed by atoms with E-state index in [-0.39, 0.29) is 29.5 Å². The number of halogens is 1. The van der Waals surface area contributed by atoms with Crippen molar-refractivity contribution in [1.29, 1.82) is 0 Å². The highest BCUT2D eigenvalue weighted by molar-refractivity contribution is 6.30. The van der Waals surface area contributed by atoms with Gasteiger partial charge in [0, 0.05) is 6.20 Å². The average molecular weight is 408 g/mol. The summed E-state index contributed by atoms with van der Waals surface area (Å²) in [6, 6.07) is 2.00. The number of carbonyl (C=O) groups excluding carboxylic acids is 4. The van der Waals surface area contributed by atoms with Gasteiger partial charge in [0.25, 0.3) is 5.91 Å². The smallest absolute Gasteiger partial charge is 0.329 e. The van der Waals surface area contributed by atoms with E-state index in [1.54, 1.807) is 6.07 Å². The third-order valence-electron chi connectivity index (χ3n) is 5.24. The van der Waals surface area contributed by atoms with Gasteiger partial charge in [0.05, 0.1) is 16.9 Å². The topological polar surface area (TPSA) is 106 Å². The molecule has 0 unspecified atom stereocenters. The molecule has 0 bridgehead atoms. The number of likely N-dealkylation sites (tertiary alicyclic amines) is 1. The lowest BCUT2D eigenvalue weighted by Crippen LogP contribution is -2.46.